The number of aromatic nitrogens is 3. The lowest BCUT2D eigenvalue weighted by atomic mass is 10.1. The summed E-state index contributed by atoms with van der Waals surface area (Å²) < 4.78 is 10.9. The standard InChI is InChI=1S/C18H28N6O3/c1-9(2)14(19)18(25)27-10(3)26-7-11-4-5-13(24-11)12-6-21-16-15(12)22-8-23-17(16)20/h6,8-11,13-14,21,24H,4-5,7,19H2,1-3H3,(H2,20,22,23). The number of nitrogens with zero attached hydrogens (tertiary/aromatic N) is 2. The van der Waals surface area contributed by atoms with Crippen molar-refractivity contribution >= 4 is 22.8 Å². The van der Waals surface area contributed by atoms with Crippen molar-refractivity contribution in [3.05, 3.63) is 18.1 Å². The van der Waals surface area contributed by atoms with Crippen molar-refractivity contribution in [1.82, 2.24) is 20.3 Å². The van der Waals surface area contributed by atoms with Gasteiger partial charge in [-0.2, -0.15) is 0 Å². The molecule has 0 radical (unpaired) electrons. The summed E-state index contributed by atoms with van der Waals surface area (Å²) in [6.45, 7) is 5.91. The molecule has 6 N–H and O–H groups in total. The molecule has 0 aromatic carbocycles. The molecule has 1 fully saturated rings. The molecule has 3 rings (SSSR count). The van der Waals surface area contributed by atoms with Crippen LogP contribution in [0.25, 0.3) is 11.0 Å². The number of esters is 1. The van der Waals surface area contributed by atoms with Gasteiger partial charge in [-0.3, -0.25) is 4.79 Å². The molecule has 2 aromatic rings. The molecule has 148 valence electrons. The molecule has 0 amide bonds. The minimum atomic E-state index is -0.638. The maximum Gasteiger partial charge on any atom is 0.325 e. The molecule has 3 heterocycles. The van der Waals surface area contributed by atoms with E-state index >= 15 is 0 Å². The minimum absolute atomic E-state index is 0.0241. The molecular formula is C18H28N6O3. The fraction of sp³-hybridized carbons (Fsp3) is 0.611. The first-order valence-electron chi connectivity index (χ1n) is 9.28. The third-order valence-electron chi connectivity index (χ3n) is 4.94. The first kappa shape index (κ1) is 19.5. The maximum atomic E-state index is 11.9. The largest absolute Gasteiger partial charge is 0.435 e. The fourth-order valence-corrected chi connectivity index (χ4v) is 3.24. The van der Waals surface area contributed by atoms with Crippen LogP contribution in [-0.4, -0.2) is 45.9 Å². The van der Waals surface area contributed by atoms with E-state index in [1.807, 2.05) is 20.0 Å². The highest BCUT2D eigenvalue weighted by Crippen LogP contribution is 2.31. The van der Waals surface area contributed by atoms with Crippen molar-refractivity contribution in [2.24, 2.45) is 11.7 Å². The summed E-state index contributed by atoms with van der Waals surface area (Å²) in [7, 11) is 0. The number of H-pyrrole nitrogens is 1. The van der Waals surface area contributed by atoms with E-state index in [2.05, 4.69) is 20.3 Å². The SMILES string of the molecule is CC(OCC1CCC(c2c[nH]c3c(N)ncnc23)N1)OC(=O)C(N)C(C)C. The van der Waals surface area contributed by atoms with Crippen molar-refractivity contribution in [3.63, 3.8) is 0 Å². The van der Waals surface area contributed by atoms with E-state index in [-0.39, 0.29) is 18.0 Å². The normalized spacial score (nSPS) is 22.3. The van der Waals surface area contributed by atoms with Gasteiger partial charge < -0.3 is 31.2 Å². The number of nitrogens with two attached hydrogens (primary N) is 2. The summed E-state index contributed by atoms with van der Waals surface area (Å²) >= 11 is 0. The van der Waals surface area contributed by atoms with E-state index in [0.29, 0.717) is 12.4 Å². The van der Waals surface area contributed by atoms with Crippen LogP contribution in [0.15, 0.2) is 12.5 Å². The number of aromatic amines is 1. The molecule has 0 aliphatic carbocycles. The van der Waals surface area contributed by atoms with Crippen molar-refractivity contribution in [2.45, 2.75) is 58.0 Å². The highest BCUT2D eigenvalue weighted by Gasteiger charge is 2.28. The Balaban J connectivity index is 1.51. The third kappa shape index (κ3) is 4.37. The molecule has 9 heteroatoms. The van der Waals surface area contributed by atoms with Crippen LogP contribution in [0.1, 0.15) is 45.2 Å². The van der Waals surface area contributed by atoms with Crippen LogP contribution in [-0.2, 0) is 14.3 Å². The first-order valence-corrected chi connectivity index (χ1v) is 9.28. The summed E-state index contributed by atoms with van der Waals surface area (Å²) in [6.07, 6.45) is 4.67. The molecule has 1 aliphatic heterocycles. The molecule has 27 heavy (non-hydrogen) atoms. The molecule has 1 saturated heterocycles. The Bertz CT molecular complexity index is 792. The second kappa shape index (κ2) is 8.20. The van der Waals surface area contributed by atoms with Crippen LogP contribution < -0.4 is 16.8 Å². The molecule has 1 aliphatic rings. The van der Waals surface area contributed by atoms with Crippen LogP contribution in [0, 0.1) is 5.92 Å². The molecule has 2 aromatic heterocycles. The van der Waals surface area contributed by atoms with E-state index in [1.165, 1.54) is 6.33 Å². The molecular weight excluding hydrogens is 348 g/mol. The van der Waals surface area contributed by atoms with Gasteiger partial charge in [0.25, 0.3) is 0 Å². The van der Waals surface area contributed by atoms with Crippen molar-refractivity contribution < 1.29 is 14.3 Å². The van der Waals surface area contributed by atoms with Crippen molar-refractivity contribution in [2.75, 3.05) is 12.3 Å². The second-order valence-corrected chi connectivity index (χ2v) is 7.33. The van der Waals surface area contributed by atoms with E-state index in [4.69, 9.17) is 20.9 Å². The van der Waals surface area contributed by atoms with Crippen LogP contribution in [0.4, 0.5) is 5.82 Å². The number of ether oxygens (including phenoxy) is 2. The zero-order valence-electron chi connectivity index (χ0n) is 15.9. The van der Waals surface area contributed by atoms with E-state index in [0.717, 1.165) is 29.4 Å². The topological polar surface area (TPSA) is 141 Å². The maximum absolute atomic E-state index is 11.9. The van der Waals surface area contributed by atoms with Gasteiger partial charge in [0, 0.05) is 23.8 Å². The summed E-state index contributed by atoms with van der Waals surface area (Å²) in [5.41, 5.74) is 14.3. The van der Waals surface area contributed by atoms with Gasteiger partial charge >= 0.3 is 5.97 Å². The van der Waals surface area contributed by atoms with Crippen molar-refractivity contribution in [1.29, 1.82) is 0 Å². The van der Waals surface area contributed by atoms with Gasteiger partial charge in [-0.15, -0.1) is 0 Å². The Hall–Kier alpha value is -2.23. The fourth-order valence-electron chi connectivity index (χ4n) is 3.24. The van der Waals surface area contributed by atoms with Crippen LogP contribution in [0.3, 0.4) is 0 Å². The number of fused-ring (bicyclic) bond motifs is 1. The number of hydrogen-bond acceptors (Lipinski definition) is 8. The lowest BCUT2D eigenvalue weighted by molar-refractivity contribution is -0.178. The van der Waals surface area contributed by atoms with Gasteiger partial charge in [0.15, 0.2) is 12.1 Å². The van der Waals surface area contributed by atoms with Gasteiger partial charge in [-0.25, -0.2) is 9.97 Å². The van der Waals surface area contributed by atoms with E-state index in [1.54, 1.807) is 6.92 Å². The molecule has 9 nitrogen and oxygen atoms in total. The average molecular weight is 376 g/mol. The van der Waals surface area contributed by atoms with Gasteiger partial charge in [0.1, 0.15) is 17.9 Å². The van der Waals surface area contributed by atoms with Gasteiger partial charge in [0.05, 0.1) is 12.1 Å². The third-order valence-corrected chi connectivity index (χ3v) is 4.94. The summed E-state index contributed by atoms with van der Waals surface area (Å²) in [4.78, 5) is 23.4. The van der Waals surface area contributed by atoms with Gasteiger partial charge in [-0.05, 0) is 25.7 Å². The number of nitrogen functional groups attached to an aromatic ring is 1. The van der Waals surface area contributed by atoms with Crippen LogP contribution >= 0.6 is 0 Å². The Kier molecular flexibility index (Phi) is 5.93. The molecule has 4 unspecified atom stereocenters. The quantitative estimate of drug-likeness (QED) is 0.417. The zero-order valence-corrected chi connectivity index (χ0v) is 15.9. The lowest BCUT2D eigenvalue weighted by Crippen LogP contribution is -2.39. The lowest BCUT2D eigenvalue weighted by Gasteiger charge is -2.21. The monoisotopic (exact) mass is 376 g/mol. The van der Waals surface area contributed by atoms with Gasteiger partial charge in [0.2, 0.25) is 0 Å². The predicted octanol–water partition coefficient (Wildman–Crippen LogP) is 1.22. The van der Waals surface area contributed by atoms with E-state index < -0.39 is 18.3 Å². The summed E-state index contributed by atoms with van der Waals surface area (Å²) in [5, 5.41) is 3.54. The van der Waals surface area contributed by atoms with Crippen LogP contribution in [0.5, 0.6) is 0 Å². The summed E-state index contributed by atoms with van der Waals surface area (Å²) in [5.74, 6) is 0.0289. The average Bonchev–Trinajstić information content (AvgIpc) is 3.26. The highest BCUT2D eigenvalue weighted by molar-refractivity contribution is 5.87. The zero-order chi connectivity index (χ0) is 19.6. The Labute approximate surface area is 158 Å². The van der Waals surface area contributed by atoms with Crippen molar-refractivity contribution in [3.8, 4) is 0 Å². The number of carbonyl (C=O) groups is 1. The first-order chi connectivity index (χ1) is 12.9. The Morgan fingerprint density at radius 2 is 2.11 bits per heavy atom. The molecule has 0 spiro atoms. The predicted molar refractivity (Wildman–Crippen MR) is 102 cm³/mol. The second-order valence-electron chi connectivity index (χ2n) is 7.33. The number of anilines is 1. The Morgan fingerprint density at radius 1 is 1.33 bits per heavy atom. The molecule has 0 bridgehead atoms. The number of rotatable bonds is 7. The number of carbonyl (C=O) groups excluding carboxylic acids is 1. The minimum Gasteiger partial charge on any atom is -0.435 e. The number of nitrogens with one attached hydrogen (secondary N) is 2. The smallest absolute Gasteiger partial charge is 0.325 e. The summed E-state index contributed by atoms with van der Waals surface area (Å²) in [6, 6.07) is -0.311. The van der Waals surface area contributed by atoms with E-state index in [9.17, 15) is 4.79 Å². The Morgan fingerprint density at radius 3 is 2.85 bits per heavy atom. The number of hydrogen-bond donors (Lipinski definition) is 4. The molecule has 4 atom stereocenters. The highest BCUT2D eigenvalue weighted by atomic mass is 16.7. The van der Waals surface area contributed by atoms with Crippen LogP contribution in [0.2, 0.25) is 0 Å². The van der Waals surface area contributed by atoms with Gasteiger partial charge in [-0.1, -0.05) is 13.8 Å². The molecule has 0 saturated carbocycles.